The third-order valence-corrected chi connectivity index (χ3v) is 0.845. The molecular weight excluding hydrogens is 160 g/mol. The summed E-state index contributed by atoms with van der Waals surface area (Å²) in [5, 5.41) is 0. The van der Waals surface area contributed by atoms with Crippen molar-refractivity contribution in [1.29, 1.82) is 0 Å². The van der Waals surface area contributed by atoms with Crippen LogP contribution in [0.4, 0.5) is 0 Å². The number of ether oxygens (including phenoxy) is 1. The molecule has 0 bridgehead atoms. The highest BCUT2D eigenvalue weighted by Gasteiger charge is 1.81. The summed E-state index contributed by atoms with van der Waals surface area (Å²) < 4.78 is 4.40. The van der Waals surface area contributed by atoms with E-state index in [0.29, 0.717) is 13.0 Å². The van der Waals surface area contributed by atoms with Gasteiger partial charge in [-0.15, -0.1) is 0 Å². The lowest BCUT2D eigenvalue weighted by atomic mass is 10.4. The van der Waals surface area contributed by atoms with Gasteiger partial charge in [0.25, 0.3) is 0 Å². The number of carbonyl (C=O) groups excluding carboxylic acids is 2. The van der Waals surface area contributed by atoms with Gasteiger partial charge in [-0.05, 0) is 13.8 Å². The van der Waals surface area contributed by atoms with Crippen molar-refractivity contribution < 1.29 is 19.8 Å². The lowest BCUT2D eigenvalue weighted by molar-refractivity contribution is -0.140. The van der Waals surface area contributed by atoms with Crippen molar-refractivity contribution in [3.05, 3.63) is 0 Å². The van der Waals surface area contributed by atoms with Gasteiger partial charge < -0.3 is 15.0 Å². The second-order valence-corrected chi connectivity index (χ2v) is 1.98. The molecule has 4 nitrogen and oxygen atoms in total. The Kier molecular flexibility index (Phi) is 18.3. The first-order chi connectivity index (χ1) is 5.04. The molecule has 4 heteroatoms. The molecule has 74 valence electrons. The minimum absolute atomic E-state index is 0. The third-order valence-electron chi connectivity index (χ3n) is 0.845. The molecular formula is C8H18O4. The maximum atomic E-state index is 9.82. The highest BCUT2D eigenvalue weighted by atomic mass is 16.5. The molecule has 0 aromatic rings. The van der Waals surface area contributed by atoms with Gasteiger partial charge in [0.2, 0.25) is 0 Å². The second-order valence-electron chi connectivity index (χ2n) is 1.98. The van der Waals surface area contributed by atoms with Gasteiger partial charge in [0.05, 0.1) is 6.61 Å². The van der Waals surface area contributed by atoms with Crippen molar-refractivity contribution in [2.45, 2.75) is 34.1 Å². The predicted molar refractivity (Wildman–Crippen MR) is 46.9 cm³/mol. The Morgan fingerprint density at radius 2 is 1.50 bits per heavy atom. The minimum Gasteiger partial charge on any atom is -0.466 e. The van der Waals surface area contributed by atoms with Crippen LogP contribution < -0.4 is 0 Å². The van der Waals surface area contributed by atoms with Gasteiger partial charge in [0.1, 0.15) is 5.78 Å². The van der Waals surface area contributed by atoms with E-state index < -0.39 is 0 Å². The zero-order chi connectivity index (χ0) is 9.28. The Morgan fingerprint density at radius 3 is 1.50 bits per heavy atom. The van der Waals surface area contributed by atoms with Crippen LogP contribution in [-0.2, 0) is 14.3 Å². The first kappa shape index (κ1) is 17.3. The maximum absolute atomic E-state index is 9.82. The summed E-state index contributed by atoms with van der Waals surface area (Å²) in [6, 6.07) is 0. The van der Waals surface area contributed by atoms with Crippen molar-refractivity contribution in [3.8, 4) is 0 Å². The maximum Gasteiger partial charge on any atom is 0.302 e. The largest absolute Gasteiger partial charge is 0.466 e. The monoisotopic (exact) mass is 178 g/mol. The van der Waals surface area contributed by atoms with E-state index in [1.807, 2.05) is 6.92 Å². The molecule has 0 saturated carbocycles. The molecule has 12 heavy (non-hydrogen) atoms. The molecule has 0 saturated heterocycles. The molecule has 0 aliphatic rings. The van der Waals surface area contributed by atoms with Crippen LogP contribution in [0, 0.1) is 0 Å². The van der Waals surface area contributed by atoms with E-state index in [1.54, 1.807) is 13.8 Å². The SMILES string of the molecule is CCC(C)=O.CCOC(C)=O.O. The molecule has 0 unspecified atom stereocenters. The van der Waals surface area contributed by atoms with Crippen LogP contribution in [0.1, 0.15) is 34.1 Å². The topological polar surface area (TPSA) is 74.9 Å². The fourth-order valence-electron chi connectivity index (χ4n) is 0.203. The number of rotatable bonds is 2. The molecule has 0 aliphatic carbocycles. The fourth-order valence-corrected chi connectivity index (χ4v) is 0.203. The van der Waals surface area contributed by atoms with Crippen LogP contribution in [0.5, 0.6) is 0 Å². The predicted octanol–water partition coefficient (Wildman–Crippen LogP) is 0.730. The highest BCUT2D eigenvalue weighted by molar-refractivity contribution is 5.74. The number of ketones is 1. The van der Waals surface area contributed by atoms with Gasteiger partial charge >= 0.3 is 5.97 Å². The Labute approximate surface area is 73.2 Å². The van der Waals surface area contributed by atoms with E-state index >= 15 is 0 Å². The summed E-state index contributed by atoms with van der Waals surface area (Å²) in [4.78, 5) is 19.6. The number of hydrogen-bond donors (Lipinski definition) is 0. The van der Waals surface area contributed by atoms with Crippen molar-refractivity contribution in [2.24, 2.45) is 0 Å². The molecule has 0 atom stereocenters. The molecule has 0 spiro atoms. The van der Waals surface area contributed by atoms with Gasteiger partial charge in [-0.2, -0.15) is 0 Å². The summed E-state index contributed by atoms with van der Waals surface area (Å²) in [6.07, 6.45) is 0.667. The van der Waals surface area contributed by atoms with E-state index in [2.05, 4.69) is 4.74 Å². The van der Waals surface area contributed by atoms with Crippen LogP contribution in [0.15, 0.2) is 0 Å². The number of esters is 1. The summed E-state index contributed by atoms with van der Waals surface area (Å²) >= 11 is 0. The third kappa shape index (κ3) is 35.5. The fraction of sp³-hybridized carbons (Fsp3) is 0.750. The Bertz CT molecular complexity index is 120. The molecule has 0 amide bonds. The van der Waals surface area contributed by atoms with Crippen molar-refractivity contribution in [3.63, 3.8) is 0 Å². The molecule has 2 N–H and O–H groups in total. The molecule has 0 rings (SSSR count). The van der Waals surface area contributed by atoms with Crippen LogP contribution in [0.3, 0.4) is 0 Å². The minimum atomic E-state index is -0.211. The average Bonchev–Trinajstić information content (AvgIpc) is 1.89. The van der Waals surface area contributed by atoms with E-state index in [0.717, 1.165) is 0 Å². The van der Waals surface area contributed by atoms with E-state index in [1.165, 1.54) is 6.92 Å². The number of Topliss-reactive ketones (excluding diaryl/α,β-unsaturated/α-hetero) is 1. The van der Waals surface area contributed by atoms with Crippen LogP contribution in [0.2, 0.25) is 0 Å². The van der Waals surface area contributed by atoms with Gasteiger partial charge in [-0.3, -0.25) is 4.79 Å². The van der Waals surface area contributed by atoms with Crippen LogP contribution in [-0.4, -0.2) is 23.8 Å². The van der Waals surface area contributed by atoms with Crippen molar-refractivity contribution in [1.82, 2.24) is 0 Å². The van der Waals surface area contributed by atoms with Crippen LogP contribution in [0.25, 0.3) is 0 Å². The van der Waals surface area contributed by atoms with E-state index in [4.69, 9.17) is 0 Å². The molecule has 0 aromatic heterocycles. The van der Waals surface area contributed by atoms with Gasteiger partial charge in [-0.25, -0.2) is 0 Å². The summed E-state index contributed by atoms with van der Waals surface area (Å²) in [5.41, 5.74) is 0. The summed E-state index contributed by atoms with van der Waals surface area (Å²) in [7, 11) is 0. The number of hydrogen-bond acceptors (Lipinski definition) is 3. The Morgan fingerprint density at radius 1 is 1.17 bits per heavy atom. The Hall–Kier alpha value is -0.900. The zero-order valence-corrected chi connectivity index (χ0v) is 8.14. The smallest absolute Gasteiger partial charge is 0.302 e. The molecule has 0 aromatic carbocycles. The Balaban J connectivity index is -0.000000126. The van der Waals surface area contributed by atoms with Gasteiger partial charge in [0, 0.05) is 13.3 Å². The standard InChI is InChI=1S/C4H8O2.C4H8O.H2O/c1-3-6-4(2)5;1-3-4(2)5;/h3H2,1-2H3;3H2,1-2H3;1H2. The van der Waals surface area contributed by atoms with E-state index in [-0.39, 0.29) is 17.2 Å². The van der Waals surface area contributed by atoms with E-state index in [9.17, 15) is 9.59 Å². The normalized spacial score (nSPS) is 7.00. The first-order valence-electron chi connectivity index (χ1n) is 3.67. The molecule has 0 radical (unpaired) electrons. The molecule has 0 fully saturated rings. The first-order valence-corrected chi connectivity index (χ1v) is 3.67. The zero-order valence-electron chi connectivity index (χ0n) is 8.14. The van der Waals surface area contributed by atoms with Crippen molar-refractivity contribution >= 4 is 11.8 Å². The lowest BCUT2D eigenvalue weighted by Gasteiger charge is -1.89. The highest BCUT2D eigenvalue weighted by Crippen LogP contribution is 1.71. The van der Waals surface area contributed by atoms with Gasteiger partial charge in [0.15, 0.2) is 0 Å². The van der Waals surface area contributed by atoms with Crippen LogP contribution >= 0.6 is 0 Å². The van der Waals surface area contributed by atoms with Crippen molar-refractivity contribution in [2.75, 3.05) is 6.61 Å². The average molecular weight is 178 g/mol. The summed E-state index contributed by atoms with van der Waals surface area (Å²) in [5.74, 6) is 0.0440. The lowest BCUT2D eigenvalue weighted by Crippen LogP contribution is -1.95. The second kappa shape index (κ2) is 12.7. The van der Waals surface area contributed by atoms with Gasteiger partial charge in [-0.1, -0.05) is 6.92 Å². The summed E-state index contributed by atoms with van der Waals surface area (Å²) in [6.45, 7) is 7.09. The molecule has 0 heterocycles. The molecule has 0 aliphatic heterocycles. The quantitative estimate of drug-likeness (QED) is 0.585. The number of carbonyl (C=O) groups is 2.